The third-order valence-corrected chi connectivity index (χ3v) is 3.82. The van der Waals surface area contributed by atoms with Crippen LogP contribution in [0.1, 0.15) is 5.56 Å². The Balaban J connectivity index is 1.62. The van der Waals surface area contributed by atoms with Crippen LogP contribution >= 0.6 is 0 Å². The summed E-state index contributed by atoms with van der Waals surface area (Å²) in [7, 11) is 0. The molecule has 7 nitrogen and oxygen atoms in total. The average molecular weight is 353 g/mol. The molecule has 0 aliphatic rings. The second-order valence-electron chi connectivity index (χ2n) is 5.58. The number of H-pyrrole nitrogens is 1. The standard InChI is InChI=1S/C17H13F2N7/c18-12-3-1-2-11(14(12)19)7-21-17-24-15(23-16(20)25-17)9-4-5-10-8-22-26-13(10)6-9/h1-6,8H,7H2,(H,22,26)(H3,20,21,23,24,25). The molecule has 0 atom stereocenters. The molecule has 4 rings (SSSR count). The zero-order chi connectivity index (χ0) is 18.1. The van der Waals surface area contributed by atoms with Gasteiger partial charge in [-0.25, -0.2) is 8.78 Å². The van der Waals surface area contributed by atoms with Gasteiger partial charge >= 0.3 is 0 Å². The van der Waals surface area contributed by atoms with Crippen molar-refractivity contribution in [3.05, 3.63) is 59.8 Å². The summed E-state index contributed by atoms with van der Waals surface area (Å²) in [5.74, 6) is -1.28. The van der Waals surface area contributed by atoms with E-state index in [0.29, 0.717) is 5.82 Å². The normalized spacial score (nSPS) is 11.0. The van der Waals surface area contributed by atoms with Gasteiger partial charge in [-0.15, -0.1) is 0 Å². The Morgan fingerprint density at radius 2 is 1.96 bits per heavy atom. The smallest absolute Gasteiger partial charge is 0.228 e. The molecular formula is C17H13F2N7. The van der Waals surface area contributed by atoms with E-state index in [1.807, 2.05) is 18.2 Å². The fourth-order valence-corrected chi connectivity index (χ4v) is 2.54. The van der Waals surface area contributed by atoms with E-state index in [-0.39, 0.29) is 24.0 Å². The second kappa shape index (κ2) is 6.36. The van der Waals surface area contributed by atoms with Crippen LogP contribution in [-0.4, -0.2) is 25.1 Å². The molecule has 0 fully saturated rings. The first kappa shape index (κ1) is 15.9. The van der Waals surface area contributed by atoms with E-state index in [4.69, 9.17) is 5.73 Å². The van der Waals surface area contributed by atoms with Gasteiger partial charge in [0, 0.05) is 23.1 Å². The van der Waals surface area contributed by atoms with Gasteiger partial charge in [-0.2, -0.15) is 20.1 Å². The van der Waals surface area contributed by atoms with Crippen LogP contribution in [0, 0.1) is 11.6 Å². The van der Waals surface area contributed by atoms with Crippen molar-refractivity contribution in [1.29, 1.82) is 0 Å². The molecule has 0 aliphatic carbocycles. The van der Waals surface area contributed by atoms with Crippen LogP contribution < -0.4 is 11.1 Å². The molecule has 0 spiro atoms. The summed E-state index contributed by atoms with van der Waals surface area (Å²) in [5, 5.41) is 10.6. The molecular weight excluding hydrogens is 340 g/mol. The van der Waals surface area contributed by atoms with E-state index < -0.39 is 11.6 Å². The number of nitrogen functional groups attached to an aromatic ring is 1. The van der Waals surface area contributed by atoms with Crippen LogP contribution in [0.2, 0.25) is 0 Å². The highest BCUT2D eigenvalue weighted by Crippen LogP contribution is 2.22. The summed E-state index contributed by atoms with van der Waals surface area (Å²) < 4.78 is 27.0. The number of rotatable bonds is 4. The number of hydrogen-bond donors (Lipinski definition) is 3. The zero-order valence-electron chi connectivity index (χ0n) is 13.4. The van der Waals surface area contributed by atoms with Gasteiger partial charge in [0.15, 0.2) is 17.5 Å². The molecule has 2 heterocycles. The van der Waals surface area contributed by atoms with Crippen LogP contribution in [0.5, 0.6) is 0 Å². The van der Waals surface area contributed by atoms with E-state index in [1.165, 1.54) is 12.1 Å². The lowest BCUT2D eigenvalue weighted by atomic mass is 10.1. The number of halogens is 2. The van der Waals surface area contributed by atoms with Crippen molar-refractivity contribution in [2.45, 2.75) is 6.54 Å². The predicted molar refractivity (Wildman–Crippen MR) is 93.0 cm³/mol. The van der Waals surface area contributed by atoms with Crippen LogP contribution in [-0.2, 0) is 6.54 Å². The number of anilines is 2. The topological polar surface area (TPSA) is 105 Å². The molecule has 0 aliphatic heterocycles. The Hall–Kier alpha value is -3.62. The minimum Gasteiger partial charge on any atom is -0.368 e. The summed E-state index contributed by atoms with van der Waals surface area (Å²) in [5.41, 5.74) is 7.46. The van der Waals surface area contributed by atoms with Gasteiger partial charge in [-0.05, 0) is 12.1 Å². The first-order chi connectivity index (χ1) is 12.6. The summed E-state index contributed by atoms with van der Waals surface area (Å²) in [6.45, 7) is 0.00602. The molecule has 26 heavy (non-hydrogen) atoms. The average Bonchev–Trinajstić information content (AvgIpc) is 3.10. The highest BCUT2D eigenvalue weighted by molar-refractivity contribution is 5.82. The minimum atomic E-state index is -0.910. The molecule has 0 saturated heterocycles. The molecule has 0 unspecified atom stereocenters. The minimum absolute atomic E-state index is 0.00602. The number of benzene rings is 2. The SMILES string of the molecule is Nc1nc(NCc2cccc(F)c2F)nc(-c2ccc3cn[nH]c3c2)n1. The number of nitrogens with two attached hydrogens (primary N) is 1. The maximum absolute atomic E-state index is 13.7. The maximum Gasteiger partial charge on any atom is 0.228 e. The lowest BCUT2D eigenvalue weighted by molar-refractivity contribution is 0.500. The summed E-state index contributed by atoms with van der Waals surface area (Å²) in [4.78, 5) is 12.4. The first-order valence-electron chi connectivity index (χ1n) is 7.72. The fraction of sp³-hybridized carbons (Fsp3) is 0.0588. The lowest BCUT2D eigenvalue weighted by Gasteiger charge is -2.08. The summed E-state index contributed by atoms with van der Waals surface area (Å²) >= 11 is 0. The van der Waals surface area contributed by atoms with Gasteiger partial charge in [0.2, 0.25) is 11.9 Å². The predicted octanol–water partition coefficient (Wildman–Crippen LogP) is 2.89. The van der Waals surface area contributed by atoms with Crippen molar-refractivity contribution >= 4 is 22.8 Å². The number of hydrogen-bond acceptors (Lipinski definition) is 6. The van der Waals surface area contributed by atoms with Crippen molar-refractivity contribution in [2.24, 2.45) is 0 Å². The number of nitrogens with zero attached hydrogens (tertiary/aromatic N) is 4. The number of nitrogens with one attached hydrogen (secondary N) is 2. The monoisotopic (exact) mass is 353 g/mol. The van der Waals surface area contributed by atoms with E-state index >= 15 is 0 Å². The van der Waals surface area contributed by atoms with Gasteiger partial charge in [0.25, 0.3) is 0 Å². The molecule has 0 radical (unpaired) electrons. The molecule has 4 N–H and O–H groups in total. The van der Waals surface area contributed by atoms with Gasteiger partial charge in [-0.1, -0.05) is 24.3 Å². The van der Waals surface area contributed by atoms with E-state index in [9.17, 15) is 8.78 Å². The fourth-order valence-electron chi connectivity index (χ4n) is 2.54. The van der Waals surface area contributed by atoms with E-state index in [0.717, 1.165) is 22.5 Å². The Morgan fingerprint density at radius 3 is 2.85 bits per heavy atom. The van der Waals surface area contributed by atoms with E-state index in [1.54, 1.807) is 6.20 Å². The molecule has 2 aromatic carbocycles. The number of aromatic nitrogens is 5. The molecule has 9 heteroatoms. The summed E-state index contributed by atoms with van der Waals surface area (Å²) in [6, 6.07) is 9.52. The van der Waals surface area contributed by atoms with Gasteiger partial charge in [0.05, 0.1) is 11.7 Å². The zero-order valence-corrected chi connectivity index (χ0v) is 13.4. The van der Waals surface area contributed by atoms with Crippen molar-refractivity contribution in [3.63, 3.8) is 0 Å². The van der Waals surface area contributed by atoms with Crippen molar-refractivity contribution in [3.8, 4) is 11.4 Å². The largest absolute Gasteiger partial charge is 0.368 e. The van der Waals surface area contributed by atoms with E-state index in [2.05, 4.69) is 30.5 Å². The molecule has 0 bridgehead atoms. The molecule has 130 valence electrons. The van der Waals surface area contributed by atoms with Gasteiger partial charge in [0.1, 0.15) is 0 Å². The Kier molecular flexibility index (Phi) is 3.88. The lowest BCUT2D eigenvalue weighted by Crippen LogP contribution is -2.09. The van der Waals surface area contributed by atoms with Crippen LogP contribution in [0.4, 0.5) is 20.7 Å². The first-order valence-corrected chi connectivity index (χ1v) is 7.72. The quantitative estimate of drug-likeness (QED) is 0.521. The Bertz CT molecular complexity index is 1090. The molecule has 0 amide bonds. The third kappa shape index (κ3) is 3.02. The van der Waals surface area contributed by atoms with Gasteiger partial charge in [-0.3, -0.25) is 5.10 Å². The highest BCUT2D eigenvalue weighted by Gasteiger charge is 2.11. The van der Waals surface area contributed by atoms with Crippen molar-refractivity contribution in [1.82, 2.24) is 25.1 Å². The Morgan fingerprint density at radius 1 is 1.08 bits per heavy atom. The molecule has 2 aromatic heterocycles. The third-order valence-electron chi connectivity index (χ3n) is 3.82. The Labute approximate surface area is 146 Å². The van der Waals surface area contributed by atoms with Crippen LogP contribution in [0.15, 0.2) is 42.6 Å². The highest BCUT2D eigenvalue weighted by atomic mass is 19.2. The van der Waals surface area contributed by atoms with Crippen LogP contribution in [0.25, 0.3) is 22.3 Å². The summed E-state index contributed by atoms with van der Waals surface area (Å²) in [6.07, 6.45) is 1.71. The van der Waals surface area contributed by atoms with Gasteiger partial charge < -0.3 is 11.1 Å². The number of fused-ring (bicyclic) bond motifs is 1. The van der Waals surface area contributed by atoms with Crippen molar-refractivity contribution in [2.75, 3.05) is 11.1 Å². The number of aromatic amines is 1. The van der Waals surface area contributed by atoms with Crippen molar-refractivity contribution < 1.29 is 8.78 Å². The molecule has 0 saturated carbocycles. The van der Waals surface area contributed by atoms with Crippen LogP contribution in [0.3, 0.4) is 0 Å². The second-order valence-corrected chi connectivity index (χ2v) is 5.58. The molecule has 4 aromatic rings. The maximum atomic E-state index is 13.7.